The molecule has 0 saturated heterocycles. The van der Waals surface area contributed by atoms with E-state index in [4.69, 9.17) is 33.7 Å². The van der Waals surface area contributed by atoms with Gasteiger partial charge < -0.3 is 15.8 Å². The molecule has 0 saturated carbocycles. The second-order valence-corrected chi connectivity index (χ2v) is 5.80. The Morgan fingerprint density at radius 3 is 2.68 bits per heavy atom. The number of aromatic nitrogens is 1. The number of nitrogens with two attached hydrogens (primary N) is 1. The SMILES string of the molecule is CC(C)(C)OC(=O)NCC(N)c1cnc(Cl)c(Cl)c1. The molecule has 0 aliphatic carbocycles. The number of pyridine rings is 1. The quantitative estimate of drug-likeness (QED) is 0.842. The fourth-order valence-electron chi connectivity index (χ4n) is 1.26. The lowest BCUT2D eigenvalue weighted by Gasteiger charge is -2.20. The normalized spacial score (nSPS) is 12.9. The van der Waals surface area contributed by atoms with Gasteiger partial charge in [0, 0.05) is 18.8 Å². The summed E-state index contributed by atoms with van der Waals surface area (Å²) in [5, 5.41) is 3.13. The summed E-state index contributed by atoms with van der Waals surface area (Å²) in [4.78, 5) is 15.4. The summed E-state index contributed by atoms with van der Waals surface area (Å²) >= 11 is 11.6. The van der Waals surface area contributed by atoms with Gasteiger partial charge in [0.1, 0.15) is 10.8 Å². The van der Waals surface area contributed by atoms with Crippen molar-refractivity contribution in [1.29, 1.82) is 0 Å². The molecule has 19 heavy (non-hydrogen) atoms. The number of nitrogens with one attached hydrogen (secondary N) is 1. The van der Waals surface area contributed by atoms with Gasteiger partial charge in [-0.1, -0.05) is 23.2 Å². The van der Waals surface area contributed by atoms with Gasteiger partial charge in [-0.25, -0.2) is 9.78 Å². The van der Waals surface area contributed by atoms with Crippen LogP contribution in [0.4, 0.5) is 4.79 Å². The molecule has 0 fully saturated rings. The second kappa shape index (κ2) is 6.41. The molecule has 1 unspecified atom stereocenters. The van der Waals surface area contributed by atoms with Gasteiger partial charge in [0.05, 0.1) is 5.02 Å². The zero-order valence-electron chi connectivity index (χ0n) is 11.0. The Labute approximate surface area is 122 Å². The zero-order valence-corrected chi connectivity index (χ0v) is 12.5. The molecule has 1 atom stereocenters. The van der Waals surface area contributed by atoms with Gasteiger partial charge in [-0.15, -0.1) is 0 Å². The summed E-state index contributed by atoms with van der Waals surface area (Å²) in [5.74, 6) is 0. The van der Waals surface area contributed by atoms with Crippen molar-refractivity contribution in [2.45, 2.75) is 32.4 Å². The van der Waals surface area contributed by atoms with Crippen molar-refractivity contribution >= 4 is 29.3 Å². The van der Waals surface area contributed by atoms with E-state index in [1.807, 2.05) is 0 Å². The maximum absolute atomic E-state index is 11.5. The van der Waals surface area contributed by atoms with Crippen LogP contribution in [0.2, 0.25) is 10.2 Å². The third kappa shape index (κ3) is 5.63. The van der Waals surface area contributed by atoms with Crippen LogP contribution in [0.3, 0.4) is 0 Å². The van der Waals surface area contributed by atoms with Gasteiger partial charge in [0.2, 0.25) is 0 Å². The first-order valence-corrected chi connectivity index (χ1v) is 6.48. The molecular weight excluding hydrogens is 289 g/mol. The smallest absolute Gasteiger partial charge is 0.407 e. The topological polar surface area (TPSA) is 77.2 Å². The minimum absolute atomic E-state index is 0.217. The van der Waals surface area contributed by atoms with Crippen LogP contribution in [-0.4, -0.2) is 23.2 Å². The second-order valence-electron chi connectivity index (χ2n) is 5.03. The molecule has 0 aliphatic heterocycles. The third-order valence-corrected chi connectivity index (χ3v) is 2.80. The average molecular weight is 306 g/mol. The van der Waals surface area contributed by atoms with Crippen molar-refractivity contribution < 1.29 is 9.53 Å². The largest absolute Gasteiger partial charge is 0.444 e. The van der Waals surface area contributed by atoms with E-state index in [9.17, 15) is 4.79 Å². The van der Waals surface area contributed by atoms with E-state index in [0.717, 1.165) is 0 Å². The summed E-state index contributed by atoms with van der Waals surface area (Å²) < 4.78 is 5.10. The molecule has 0 bridgehead atoms. The van der Waals surface area contributed by atoms with E-state index in [2.05, 4.69) is 10.3 Å². The van der Waals surface area contributed by atoms with Gasteiger partial charge in [0.15, 0.2) is 0 Å². The van der Waals surface area contributed by atoms with Gasteiger partial charge in [-0.05, 0) is 32.4 Å². The molecule has 5 nitrogen and oxygen atoms in total. The van der Waals surface area contributed by atoms with Crippen LogP contribution in [0.5, 0.6) is 0 Å². The highest BCUT2D eigenvalue weighted by Gasteiger charge is 2.17. The molecular formula is C12H17Cl2N3O2. The first-order valence-electron chi connectivity index (χ1n) is 5.72. The number of alkyl carbamates (subject to hydrolysis) is 1. The molecule has 106 valence electrons. The summed E-state index contributed by atoms with van der Waals surface area (Å²) in [6.07, 6.45) is 1.01. The fourth-order valence-corrected chi connectivity index (χ4v) is 1.54. The minimum atomic E-state index is -0.542. The number of rotatable bonds is 3. The molecule has 0 aliphatic rings. The van der Waals surface area contributed by atoms with Crippen molar-refractivity contribution in [3.05, 3.63) is 28.0 Å². The Bertz CT molecular complexity index is 461. The van der Waals surface area contributed by atoms with Crippen molar-refractivity contribution in [1.82, 2.24) is 10.3 Å². The van der Waals surface area contributed by atoms with Crippen LogP contribution >= 0.6 is 23.2 Å². The molecule has 0 spiro atoms. The van der Waals surface area contributed by atoms with Gasteiger partial charge in [-0.3, -0.25) is 0 Å². The number of amides is 1. The maximum Gasteiger partial charge on any atom is 0.407 e. The zero-order chi connectivity index (χ0) is 14.6. The Kier molecular flexibility index (Phi) is 5.40. The molecule has 1 amide bonds. The van der Waals surface area contributed by atoms with Crippen LogP contribution < -0.4 is 11.1 Å². The Morgan fingerprint density at radius 1 is 1.53 bits per heavy atom. The van der Waals surface area contributed by atoms with E-state index >= 15 is 0 Å². The minimum Gasteiger partial charge on any atom is -0.444 e. The van der Waals surface area contributed by atoms with Gasteiger partial charge >= 0.3 is 6.09 Å². The molecule has 0 radical (unpaired) electrons. The van der Waals surface area contributed by atoms with Gasteiger partial charge in [0.25, 0.3) is 0 Å². The van der Waals surface area contributed by atoms with Crippen LogP contribution in [0.1, 0.15) is 32.4 Å². The first kappa shape index (κ1) is 16.0. The number of carbonyl (C=O) groups is 1. The van der Waals surface area contributed by atoms with Crippen LogP contribution in [-0.2, 0) is 4.74 Å². The third-order valence-electron chi connectivity index (χ3n) is 2.11. The highest BCUT2D eigenvalue weighted by atomic mass is 35.5. The standard InChI is InChI=1S/C12H17Cl2N3O2/c1-12(2,3)19-11(18)17-6-9(15)7-4-8(13)10(14)16-5-7/h4-5,9H,6,15H2,1-3H3,(H,17,18). The Hall–Kier alpha value is -1.04. The fraction of sp³-hybridized carbons (Fsp3) is 0.500. The number of halogens is 2. The van der Waals surface area contributed by atoms with E-state index in [-0.39, 0.29) is 11.7 Å². The first-order chi connectivity index (χ1) is 8.69. The van der Waals surface area contributed by atoms with Crippen molar-refractivity contribution in [2.24, 2.45) is 5.73 Å². The predicted octanol–water partition coefficient (Wildman–Crippen LogP) is 2.91. The van der Waals surface area contributed by atoms with E-state index in [1.165, 1.54) is 6.20 Å². The number of nitrogens with zero attached hydrogens (tertiary/aromatic N) is 1. The van der Waals surface area contributed by atoms with Crippen LogP contribution in [0, 0.1) is 0 Å². The Balaban J connectivity index is 2.53. The van der Waals surface area contributed by atoms with Crippen molar-refractivity contribution in [2.75, 3.05) is 6.54 Å². The lowest BCUT2D eigenvalue weighted by molar-refractivity contribution is 0.0524. The predicted molar refractivity (Wildman–Crippen MR) is 75.4 cm³/mol. The van der Waals surface area contributed by atoms with Crippen molar-refractivity contribution in [3.8, 4) is 0 Å². The average Bonchev–Trinajstić information content (AvgIpc) is 2.27. The van der Waals surface area contributed by atoms with E-state index in [1.54, 1.807) is 26.8 Å². The van der Waals surface area contributed by atoms with Crippen molar-refractivity contribution in [3.63, 3.8) is 0 Å². The number of hydrogen-bond donors (Lipinski definition) is 2. The van der Waals surface area contributed by atoms with Crippen LogP contribution in [0.25, 0.3) is 0 Å². The monoisotopic (exact) mass is 305 g/mol. The summed E-state index contributed by atoms with van der Waals surface area (Å²) in [5.41, 5.74) is 6.06. The molecule has 3 N–H and O–H groups in total. The van der Waals surface area contributed by atoms with E-state index in [0.29, 0.717) is 10.6 Å². The molecule has 7 heteroatoms. The lowest BCUT2D eigenvalue weighted by Crippen LogP contribution is -2.36. The molecule has 1 heterocycles. The molecule has 1 rings (SSSR count). The van der Waals surface area contributed by atoms with Crippen LogP contribution in [0.15, 0.2) is 12.3 Å². The Morgan fingerprint density at radius 2 is 2.16 bits per heavy atom. The summed E-state index contributed by atoms with van der Waals surface area (Å²) in [6, 6.07) is 1.19. The highest BCUT2D eigenvalue weighted by Crippen LogP contribution is 2.22. The highest BCUT2D eigenvalue weighted by molar-refractivity contribution is 6.41. The number of ether oxygens (including phenoxy) is 1. The molecule has 1 aromatic heterocycles. The maximum atomic E-state index is 11.5. The van der Waals surface area contributed by atoms with Gasteiger partial charge in [-0.2, -0.15) is 0 Å². The number of carbonyl (C=O) groups excluding carboxylic acids is 1. The molecule has 1 aromatic rings. The lowest BCUT2D eigenvalue weighted by atomic mass is 10.1. The summed E-state index contributed by atoms with van der Waals surface area (Å²) in [7, 11) is 0. The number of hydrogen-bond acceptors (Lipinski definition) is 4. The molecule has 0 aromatic carbocycles. The van der Waals surface area contributed by atoms with E-state index < -0.39 is 17.7 Å². The summed E-state index contributed by atoms with van der Waals surface area (Å²) in [6.45, 7) is 5.58.